The Morgan fingerprint density at radius 2 is 1.66 bits per heavy atom. The highest BCUT2D eigenvalue weighted by atomic mass is 32.2. The number of carbonyl (C=O) groups is 1. The van der Waals surface area contributed by atoms with Crippen molar-refractivity contribution < 1.29 is 13.2 Å². The number of amides is 1. The Hall–Kier alpha value is -2.34. The van der Waals surface area contributed by atoms with Crippen LogP contribution < -0.4 is 9.62 Å². The average Bonchev–Trinajstić information content (AvgIpc) is 2.62. The van der Waals surface area contributed by atoms with Gasteiger partial charge in [0.05, 0.1) is 18.0 Å². The van der Waals surface area contributed by atoms with Crippen LogP contribution >= 0.6 is 0 Å². The van der Waals surface area contributed by atoms with Gasteiger partial charge in [-0.1, -0.05) is 36.8 Å². The average molecular weight is 417 g/mol. The van der Waals surface area contributed by atoms with Gasteiger partial charge in [-0.25, -0.2) is 8.42 Å². The minimum atomic E-state index is -3.64. The van der Waals surface area contributed by atoms with Crippen LogP contribution in [0.15, 0.2) is 36.4 Å². The molecule has 0 spiro atoms. The zero-order valence-corrected chi connectivity index (χ0v) is 19.2. The summed E-state index contributed by atoms with van der Waals surface area (Å²) in [7, 11) is -3.64. The Balaban J connectivity index is 2.34. The highest BCUT2D eigenvalue weighted by Crippen LogP contribution is 2.26. The van der Waals surface area contributed by atoms with E-state index in [2.05, 4.69) is 11.4 Å². The molecule has 1 N–H and O–H groups in total. The van der Waals surface area contributed by atoms with E-state index in [-0.39, 0.29) is 11.9 Å². The van der Waals surface area contributed by atoms with Crippen LogP contribution in [-0.2, 0) is 14.8 Å². The minimum Gasteiger partial charge on any atom is -0.347 e. The van der Waals surface area contributed by atoms with Crippen molar-refractivity contribution in [3.8, 4) is 0 Å². The fourth-order valence-corrected chi connectivity index (χ4v) is 4.75. The molecular formula is C23H32N2O3S. The van der Waals surface area contributed by atoms with Gasteiger partial charge >= 0.3 is 0 Å². The van der Waals surface area contributed by atoms with Crippen molar-refractivity contribution in [2.24, 2.45) is 0 Å². The van der Waals surface area contributed by atoms with Crippen LogP contribution in [-0.4, -0.2) is 26.6 Å². The zero-order valence-electron chi connectivity index (χ0n) is 18.4. The van der Waals surface area contributed by atoms with Crippen molar-refractivity contribution in [3.05, 3.63) is 64.2 Å². The number of carbonyl (C=O) groups excluding carboxylic acids is 1. The molecule has 6 heteroatoms. The predicted octanol–water partition coefficient (Wildman–Crippen LogP) is 4.34. The summed E-state index contributed by atoms with van der Waals surface area (Å²) in [5.41, 5.74) is 5.87. The van der Waals surface area contributed by atoms with Crippen molar-refractivity contribution >= 4 is 21.6 Å². The summed E-state index contributed by atoms with van der Waals surface area (Å²) >= 11 is 0. The fourth-order valence-electron chi connectivity index (χ4n) is 3.58. The third-order valence-corrected chi connectivity index (χ3v) is 6.60. The second-order valence-corrected chi connectivity index (χ2v) is 9.69. The first-order chi connectivity index (χ1) is 13.5. The molecule has 0 saturated carbocycles. The molecule has 5 nitrogen and oxygen atoms in total. The van der Waals surface area contributed by atoms with Crippen molar-refractivity contribution in [3.63, 3.8) is 0 Å². The van der Waals surface area contributed by atoms with Gasteiger partial charge in [-0.2, -0.15) is 0 Å². The van der Waals surface area contributed by atoms with Crippen LogP contribution in [0.25, 0.3) is 0 Å². The lowest BCUT2D eigenvalue weighted by Gasteiger charge is -2.30. The monoisotopic (exact) mass is 416 g/mol. The molecule has 29 heavy (non-hydrogen) atoms. The van der Waals surface area contributed by atoms with Crippen LogP contribution in [0, 0.1) is 27.7 Å². The van der Waals surface area contributed by atoms with Gasteiger partial charge in [0, 0.05) is 0 Å². The summed E-state index contributed by atoms with van der Waals surface area (Å²) in [5.74, 6) is -0.319. The summed E-state index contributed by atoms with van der Waals surface area (Å²) < 4.78 is 26.3. The van der Waals surface area contributed by atoms with Crippen molar-refractivity contribution in [1.82, 2.24) is 5.32 Å². The van der Waals surface area contributed by atoms with Gasteiger partial charge in [-0.05, 0) is 75.4 Å². The first-order valence-corrected chi connectivity index (χ1v) is 11.7. The molecule has 2 aromatic carbocycles. The lowest BCUT2D eigenvalue weighted by atomic mass is 9.97. The Morgan fingerprint density at radius 3 is 2.17 bits per heavy atom. The zero-order chi connectivity index (χ0) is 21.9. The lowest BCUT2D eigenvalue weighted by Crippen LogP contribution is -2.48. The number of nitrogens with zero attached hydrogens (tertiary/aromatic N) is 1. The first-order valence-electron chi connectivity index (χ1n) is 9.89. The van der Waals surface area contributed by atoms with Crippen LogP contribution in [0.1, 0.15) is 54.1 Å². The smallest absolute Gasteiger partial charge is 0.244 e. The number of nitrogens with one attached hydrogen (secondary N) is 1. The molecule has 2 atom stereocenters. The Bertz CT molecular complexity index is 999. The molecular weight excluding hydrogens is 384 g/mol. The molecule has 0 radical (unpaired) electrons. The Labute approximate surface area is 175 Å². The summed E-state index contributed by atoms with van der Waals surface area (Å²) in [6.45, 7) is 11.6. The van der Waals surface area contributed by atoms with Crippen LogP contribution in [0.3, 0.4) is 0 Å². The van der Waals surface area contributed by atoms with Crippen molar-refractivity contribution in [1.29, 1.82) is 0 Å². The maximum absolute atomic E-state index is 13.1. The van der Waals surface area contributed by atoms with E-state index < -0.39 is 16.1 Å². The van der Waals surface area contributed by atoms with Gasteiger partial charge in [0.25, 0.3) is 0 Å². The molecule has 2 aromatic rings. The summed E-state index contributed by atoms with van der Waals surface area (Å²) in [5, 5.41) is 3.05. The third-order valence-electron chi connectivity index (χ3n) is 5.36. The number of anilines is 1. The molecule has 0 bridgehead atoms. The molecule has 0 heterocycles. The summed E-state index contributed by atoms with van der Waals surface area (Å²) in [6.07, 6.45) is 1.85. The number of rotatable bonds is 7. The largest absolute Gasteiger partial charge is 0.347 e. The van der Waals surface area contributed by atoms with Crippen molar-refractivity contribution in [2.75, 3.05) is 10.6 Å². The molecule has 0 saturated heterocycles. The highest BCUT2D eigenvalue weighted by molar-refractivity contribution is 7.92. The molecule has 2 rings (SSSR count). The third kappa shape index (κ3) is 5.38. The van der Waals surface area contributed by atoms with Crippen LogP contribution in [0.5, 0.6) is 0 Å². The summed E-state index contributed by atoms with van der Waals surface area (Å²) in [6, 6.07) is 10.5. The molecule has 0 aliphatic heterocycles. The maximum Gasteiger partial charge on any atom is 0.244 e. The van der Waals surface area contributed by atoms with Crippen LogP contribution in [0.2, 0.25) is 0 Å². The topological polar surface area (TPSA) is 66.5 Å². The number of benzene rings is 2. The van der Waals surface area contributed by atoms with Gasteiger partial charge in [-0.15, -0.1) is 0 Å². The second kappa shape index (κ2) is 8.99. The van der Waals surface area contributed by atoms with Crippen molar-refractivity contribution in [2.45, 2.75) is 60.0 Å². The Kier molecular flexibility index (Phi) is 7.11. The van der Waals surface area contributed by atoms with Gasteiger partial charge in [0.1, 0.15) is 6.04 Å². The fraction of sp³-hybridized carbons (Fsp3) is 0.435. The van der Waals surface area contributed by atoms with E-state index in [4.69, 9.17) is 0 Å². The standard InChI is InChI=1S/C23H32N2O3S/c1-8-22(21-12-9-15(2)13-18(21)5)24-23(26)19(6)25(29(7,27)28)20-11-10-16(3)17(4)14-20/h9-14,19,22H,8H2,1-7H3,(H,24,26)/t19-,22-/m1/s1. The second-order valence-electron chi connectivity index (χ2n) is 7.83. The molecule has 0 aromatic heterocycles. The highest BCUT2D eigenvalue weighted by Gasteiger charge is 2.30. The Morgan fingerprint density at radius 1 is 1.00 bits per heavy atom. The summed E-state index contributed by atoms with van der Waals surface area (Å²) in [4.78, 5) is 13.1. The number of hydrogen-bond donors (Lipinski definition) is 1. The normalized spacial score (nSPS) is 13.6. The lowest BCUT2D eigenvalue weighted by molar-refractivity contribution is -0.122. The number of aryl methyl sites for hydroxylation is 4. The van der Waals surface area contributed by atoms with E-state index in [1.165, 1.54) is 9.87 Å². The number of sulfonamides is 1. The molecule has 1 amide bonds. The van der Waals surface area contributed by atoms with E-state index in [1.54, 1.807) is 13.0 Å². The molecule has 0 aliphatic carbocycles. The SMILES string of the molecule is CC[C@@H](NC(=O)[C@@H](C)N(c1ccc(C)c(C)c1)S(C)(=O)=O)c1ccc(C)cc1C. The molecule has 158 valence electrons. The van der Waals surface area contributed by atoms with E-state index in [1.807, 2.05) is 58.9 Å². The van der Waals surface area contributed by atoms with E-state index in [9.17, 15) is 13.2 Å². The van der Waals surface area contributed by atoms with E-state index in [0.29, 0.717) is 12.1 Å². The molecule has 0 fully saturated rings. The van der Waals surface area contributed by atoms with Gasteiger partial charge in [0.2, 0.25) is 15.9 Å². The quantitative estimate of drug-likeness (QED) is 0.730. The van der Waals surface area contributed by atoms with Crippen LogP contribution in [0.4, 0.5) is 5.69 Å². The van der Waals surface area contributed by atoms with Gasteiger partial charge < -0.3 is 5.32 Å². The van der Waals surface area contributed by atoms with Gasteiger partial charge in [0.15, 0.2) is 0 Å². The predicted molar refractivity (Wildman–Crippen MR) is 120 cm³/mol. The maximum atomic E-state index is 13.1. The molecule has 0 unspecified atom stereocenters. The molecule has 0 aliphatic rings. The van der Waals surface area contributed by atoms with E-state index >= 15 is 0 Å². The van der Waals surface area contributed by atoms with Gasteiger partial charge in [-0.3, -0.25) is 9.10 Å². The van der Waals surface area contributed by atoms with E-state index in [0.717, 1.165) is 28.5 Å². The first kappa shape index (κ1) is 22.9. The number of hydrogen-bond acceptors (Lipinski definition) is 3. The minimum absolute atomic E-state index is 0.174.